The Kier molecular flexibility index (Phi) is 5.41. The second kappa shape index (κ2) is 6.82. The Balaban J connectivity index is 2.75. The molecule has 1 unspecified atom stereocenters. The van der Waals surface area contributed by atoms with Gasteiger partial charge in [-0.2, -0.15) is 0 Å². The van der Waals surface area contributed by atoms with Gasteiger partial charge in [0.2, 0.25) is 0 Å². The van der Waals surface area contributed by atoms with E-state index in [1.165, 1.54) is 0 Å². The molecule has 1 amide bonds. The smallest absolute Gasteiger partial charge is 0.355 e. The van der Waals surface area contributed by atoms with E-state index in [9.17, 15) is 9.59 Å². The van der Waals surface area contributed by atoms with Gasteiger partial charge in [-0.1, -0.05) is 6.92 Å². The van der Waals surface area contributed by atoms with E-state index in [1.54, 1.807) is 30.7 Å². The van der Waals surface area contributed by atoms with Gasteiger partial charge in [0.25, 0.3) is 5.91 Å². The van der Waals surface area contributed by atoms with Crippen LogP contribution >= 0.6 is 0 Å². The van der Waals surface area contributed by atoms with E-state index in [2.05, 4.69) is 5.32 Å². The van der Waals surface area contributed by atoms with Crippen molar-refractivity contribution in [2.45, 2.75) is 39.8 Å². The summed E-state index contributed by atoms with van der Waals surface area (Å²) in [6, 6.07) is 1.56. The quantitative estimate of drug-likeness (QED) is 0.757. The molecule has 1 rings (SSSR count). The summed E-state index contributed by atoms with van der Waals surface area (Å²) in [5, 5.41) is 2.60. The van der Waals surface area contributed by atoms with Crippen LogP contribution in [0.1, 0.15) is 37.7 Å². The van der Waals surface area contributed by atoms with Gasteiger partial charge in [0.1, 0.15) is 5.69 Å². The van der Waals surface area contributed by atoms with E-state index in [1.807, 2.05) is 6.92 Å². The lowest BCUT2D eigenvalue weighted by atomic mass is 10.3. The molecule has 1 aromatic heterocycles. The Morgan fingerprint density at radius 2 is 2.16 bits per heavy atom. The van der Waals surface area contributed by atoms with Crippen molar-refractivity contribution in [1.82, 2.24) is 9.88 Å². The van der Waals surface area contributed by atoms with Gasteiger partial charge in [-0.05, 0) is 26.3 Å². The Morgan fingerprint density at radius 1 is 1.47 bits per heavy atom. The standard InChI is InChI=1S/C13H21N3O3/c1-4-6-16-8-10(14)7-11(16)13(18)19-9(3)12(17)15-5-2/h7-9H,4-6,14H2,1-3H3,(H,15,17). The molecule has 0 fully saturated rings. The number of hydrogen-bond donors (Lipinski definition) is 2. The van der Waals surface area contributed by atoms with E-state index in [-0.39, 0.29) is 5.91 Å². The van der Waals surface area contributed by atoms with E-state index in [4.69, 9.17) is 10.5 Å². The third-order valence-corrected chi connectivity index (χ3v) is 2.60. The number of nitrogens with one attached hydrogen (secondary N) is 1. The lowest BCUT2D eigenvalue weighted by Gasteiger charge is -2.13. The van der Waals surface area contributed by atoms with Crippen LogP contribution in [0.25, 0.3) is 0 Å². The first-order valence-corrected chi connectivity index (χ1v) is 6.43. The van der Waals surface area contributed by atoms with Crippen LogP contribution in [0, 0.1) is 0 Å². The minimum atomic E-state index is -0.821. The van der Waals surface area contributed by atoms with Gasteiger partial charge >= 0.3 is 5.97 Å². The number of ether oxygens (including phenoxy) is 1. The Labute approximate surface area is 112 Å². The van der Waals surface area contributed by atoms with Crippen LogP contribution in [0.5, 0.6) is 0 Å². The minimum Gasteiger partial charge on any atom is -0.448 e. The number of nitrogen functional groups attached to an aromatic ring is 1. The highest BCUT2D eigenvalue weighted by atomic mass is 16.5. The average Bonchev–Trinajstić information content (AvgIpc) is 2.71. The zero-order valence-corrected chi connectivity index (χ0v) is 11.6. The van der Waals surface area contributed by atoms with Gasteiger partial charge in [0.15, 0.2) is 6.10 Å². The molecule has 0 bridgehead atoms. The van der Waals surface area contributed by atoms with E-state index >= 15 is 0 Å². The van der Waals surface area contributed by atoms with Crippen molar-refractivity contribution in [3.63, 3.8) is 0 Å². The van der Waals surface area contributed by atoms with Crippen molar-refractivity contribution < 1.29 is 14.3 Å². The Hall–Kier alpha value is -1.98. The fourth-order valence-electron chi connectivity index (χ4n) is 1.72. The number of carbonyl (C=O) groups excluding carboxylic acids is 2. The molecule has 0 saturated heterocycles. The van der Waals surface area contributed by atoms with Crippen molar-refractivity contribution >= 4 is 17.6 Å². The van der Waals surface area contributed by atoms with Crippen LogP contribution in [0.4, 0.5) is 5.69 Å². The Morgan fingerprint density at radius 3 is 2.74 bits per heavy atom. The summed E-state index contributed by atoms with van der Waals surface area (Å²) in [7, 11) is 0. The van der Waals surface area contributed by atoms with E-state index < -0.39 is 12.1 Å². The molecule has 0 aromatic carbocycles. The zero-order chi connectivity index (χ0) is 14.4. The summed E-state index contributed by atoms with van der Waals surface area (Å²) in [6.45, 7) is 6.53. The molecule has 0 radical (unpaired) electrons. The van der Waals surface area contributed by atoms with Gasteiger partial charge in [0, 0.05) is 19.3 Å². The lowest BCUT2D eigenvalue weighted by molar-refractivity contribution is -0.129. The predicted molar refractivity (Wildman–Crippen MR) is 72.7 cm³/mol. The molecule has 19 heavy (non-hydrogen) atoms. The second-order valence-electron chi connectivity index (χ2n) is 4.29. The summed E-state index contributed by atoms with van der Waals surface area (Å²) < 4.78 is 6.86. The predicted octanol–water partition coefficient (Wildman–Crippen LogP) is 1.16. The fraction of sp³-hybridized carbons (Fsp3) is 0.538. The topological polar surface area (TPSA) is 86.3 Å². The molecule has 0 aliphatic carbocycles. The van der Waals surface area contributed by atoms with Crippen molar-refractivity contribution in [1.29, 1.82) is 0 Å². The molecule has 6 nitrogen and oxygen atoms in total. The first kappa shape index (κ1) is 15.1. The number of rotatable bonds is 6. The molecule has 0 spiro atoms. The van der Waals surface area contributed by atoms with Crippen molar-refractivity contribution in [3.8, 4) is 0 Å². The van der Waals surface area contributed by atoms with Gasteiger partial charge < -0.3 is 20.4 Å². The van der Waals surface area contributed by atoms with Crippen molar-refractivity contribution in [3.05, 3.63) is 18.0 Å². The molecule has 3 N–H and O–H groups in total. The fourth-order valence-corrected chi connectivity index (χ4v) is 1.72. The van der Waals surface area contributed by atoms with Crippen LogP contribution in [0.15, 0.2) is 12.3 Å². The second-order valence-corrected chi connectivity index (χ2v) is 4.29. The number of nitrogens with zero attached hydrogens (tertiary/aromatic N) is 1. The highest BCUT2D eigenvalue weighted by Crippen LogP contribution is 2.13. The summed E-state index contributed by atoms with van der Waals surface area (Å²) in [5.41, 5.74) is 6.55. The third-order valence-electron chi connectivity index (χ3n) is 2.60. The molecule has 1 aromatic rings. The number of hydrogen-bond acceptors (Lipinski definition) is 4. The van der Waals surface area contributed by atoms with Gasteiger partial charge in [-0.15, -0.1) is 0 Å². The van der Waals surface area contributed by atoms with Crippen LogP contribution in [0.2, 0.25) is 0 Å². The van der Waals surface area contributed by atoms with Crippen LogP contribution in [-0.4, -0.2) is 29.1 Å². The molecule has 1 atom stereocenters. The van der Waals surface area contributed by atoms with Crippen molar-refractivity contribution in [2.75, 3.05) is 12.3 Å². The summed E-state index contributed by atoms with van der Waals surface area (Å²) in [5.74, 6) is -0.846. The van der Waals surface area contributed by atoms with E-state index in [0.29, 0.717) is 24.5 Å². The number of aryl methyl sites for hydroxylation is 1. The molecule has 106 valence electrons. The number of nitrogens with two attached hydrogens (primary N) is 1. The SMILES string of the molecule is CCCn1cc(N)cc1C(=O)OC(C)C(=O)NCC. The summed E-state index contributed by atoms with van der Waals surface area (Å²) in [6.07, 6.45) is 1.75. The molecule has 0 saturated carbocycles. The molecule has 0 aliphatic rings. The highest BCUT2D eigenvalue weighted by molar-refractivity contribution is 5.91. The van der Waals surface area contributed by atoms with Crippen LogP contribution in [-0.2, 0) is 16.1 Å². The molecule has 0 aliphatic heterocycles. The largest absolute Gasteiger partial charge is 0.448 e. The first-order chi connectivity index (χ1) is 8.99. The highest BCUT2D eigenvalue weighted by Gasteiger charge is 2.20. The average molecular weight is 267 g/mol. The van der Waals surface area contributed by atoms with Gasteiger partial charge in [-0.3, -0.25) is 4.79 Å². The molecular formula is C13H21N3O3. The third kappa shape index (κ3) is 4.01. The Bertz CT molecular complexity index is 454. The van der Waals surface area contributed by atoms with E-state index in [0.717, 1.165) is 6.42 Å². The number of esters is 1. The maximum Gasteiger partial charge on any atom is 0.355 e. The van der Waals surface area contributed by atoms with Gasteiger partial charge in [0.05, 0.1) is 5.69 Å². The number of carbonyl (C=O) groups is 2. The van der Waals surface area contributed by atoms with Crippen LogP contribution < -0.4 is 11.1 Å². The monoisotopic (exact) mass is 267 g/mol. The minimum absolute atomic E-state index is 0.308. The number of amides is 1. The molecule has 1 heterocycles. The maximum atomic E-state index is 12.0. The lowest BCUT2D eigenvalue weighted by Crippen LogP contribution is -2.35. The number of aromatic nitrogens is 1. The number of likely N-dealkylation sites (N-methyl/N-ethyl adjacent to an activating group) is 1. The summed E-state index contributed by atoms with van der Waals surface area (Å²) in [4.78, 5) is 23.5. The normalized spacial score (nSPS) is 11.9. The number of anilines is 1. The molecule has 6 heteroatoms. The molecular weight excluding hydrogens is 246 g/mol. The van der Waals surface area contributed by atoms with Crippen molar-refractivity contribution in [2.24, 2.45) is 0 Å². The van der Waals surface area contributed by atoms with Gasteiger partial charge in [-0.25, -0.2) is 4.79 Å². The maximum absolute atomic E-state index is 12.0. The summed E-state index contributed by atoms with van der Waals surface area (Å²) >= 11 is 0. The van der Waals surface area contributed by atoms with Crippen LogP contribution in [0.3, 0.4) is 0 Å². The first-order valence-electron chi connectivity index (χ1n) is 6.43. The zero-order valence-electron chi connectivity index (χ0n) is 11.6.